The van der Waals surface area contributed by atoms with E-state index < -0.39 is 19.3 Å². The zero-order chi connectivity index (χ0) is 12.6. The minimum absolute atomic E-state index is 0.0340. The molecule has 0 saturated carbocycles. The van der Waals surface area contributed by atoms with Crippen molar-refractivity contribution in [2.45, 2.75) is 4.90 Å². The summed E-state index contributed by atoms with van der Waals surface area (Å²) in [6.45, 7) is 0. The maximum absolute atomic E-state index is 10.9. The van der Waals surface area contributed by atoms with Crippen LogP contribution in [0.4, 0.5) is 5.69 Å². The summed E-state index contributed by atoms with van der Waals surface area (Å²) in [5.41, 5.74) is -0.0340. The fourth-order valence-corrected chi connectivity index (χ4v) is 2.49. The van der Waals surface area contributed by atoms with E-state index in [1.807, 2.05) is 4.72 Å². The lowest BCUT2D eigenvalue weighted by atomic mass is 10.3. The van der Waals surface area contributed by atoms with Gasteiger partial charge in [-0.1, -0.05) is 11.6 Å². The van der Waals surface area contributed by atoms with Gasteiger partial charge in [0, 0.05) is 10.7 Å². The minimum Gasteiger partial charge on any atom is -0.270 e. The molecule has 0 atom stereocenters. The van der Waals surface area contributed by atoms with Crippen molar-refractivity contribution < 1.29 is 16.8 Å². The molecule has 0 unspecified atom stereocenters. The van der Waals surface area contributed by atoms with Gasteiger partial charge in [0.15, 0.2) is 0 Å². The van der Waals surface area contributed by atoms with Crippen LogP contribution in [0.2, 0.25) is 5.02 Å². The standard InChI is InChI=1S/C6H6Cl2N2O4S2/c7-5-3-4(15(8,11)12)1-2-6(5)10-16(9,13)14/h1-3,10H,(H2,9,13,14). The van der Waals surface area contributed by atoms with Crippen LogP contribution >= 0.6 is 22.3 Å². The van der Waals surface area contributed by atoms with E-state index in [2.05, 4.69) is 0 Å². The van der Waals surface area contributed by atoms with Gasteiger partial charge < -0.3 is 0 Å². The Balaban J connectivity index is 3.21. The SMILES string of the molecule is NS(=O)(=O)Nc1ccc(S(=O)(=O)Cl)cc1Cl. The maximum atomic E-state index is 10.9. The van der Waals surface area contributed by atoms with Crippen molar-refractivity contribution in [3.63, 3.8) is 0 Å². The molecular weight excluding hydrogens is 299 g/mol. The highest BCUT2D eigenvalue weighted by Crippen LogP contribution is 2.27. The smallest absolute Gasteiger partial charge is 0.270 e. The topological polar surface area (TPSA) is 106 Å². The Morgan fingerprint density at radius 3 is 2.12 bits per heavy atom. The van der Waals surface area contributed by atoms with E-state index in [0.29, 0.717) is 0 Å². The molecule has 0 heterocycles. The summed E-state index contributed by atoms with van der Waals surface area (Å²) in [5.74, 6) is 0. The number of benzene rings is 1. The van der Waals surface area contributed by atoms with E-state index in [9.17, 15) is 16.8 Å². The zero-order valence-corrected chi connectivity index (χ0v) is 10.7. The molecule has 0 fully saturated rings. The average Bonchev–Trinajstić information content (AvgIpc) is 2.04. The maximum Gasteiger partial charge on any atom is 0.296 e. The first kappa shape index (κ1) is 13.5. The Morgan fingerprint density at radius 1 is 1.19 bits per heavy atom. The van der Waals surface area contributed by atoms with Crippen LogP contribution in [0.25, 0.3) is 0 Å². The van der Waals surface area contributed by atoms with E-state index in [0.717, 1.165) is 18.2 Å². The van der Waals surface area contributed by atoms with Gasteiger partial charge in [-0.15, -0.1) is 0 Å². The zero-order valence-electron chi connectivity index (χ0n) is 7.51. The summed E-state index contributed by atoms with van der Waals surface area (Å²) in [6.07, 6.45) is 0. The van der Waals surface area contributed by atoms with Gasteiger partial charge >= 0.3 is 0 Å². The molecule has 1 rings (SSSR count). The molecule has 0 spiro atoms. The Kier molecular flexibility index (Phi) is 3.70. The minimum atomic E-state index is -3.96. The average molecular weight is 305 g/mol. The number of rotatable bonds is 3. The molecule has 90 valence electrons. The first-order chi connectivity index (χ1) is 7.09. The second-order valence-corrected chi connectivity index (χ2v) is 6.99. The van der Waals surface area contributed by atoms with Gasteiger partial charge in [0.1, 0.15) is 0 Å². The summed E-state index contributed by atoms with van der Waals surface area (Å²) in [4.78, 5) is -0.237. The van der Waals surface area contributed by atoms with Crippen LogP contribution in [0.15, 0.2) is 23.1 Å². The molecule has 0 amide bonds. The first-order valence-corrected chi connectivity index (χ1v) is 7.88. The van der Waals surface area contributed by atoms with Crippen molar-refractivity contribution >= 4 is 47.2 Å². The molecule has 0 saturated heterocycles. The van der Waals surface area contributed by atoms with Crippen LogP contribution in [0.1, 0.15) is 0 Å². The van der Waals surface area contributed by atoms with E-state index in [1.54, 1.807) is 0 Å². The molecule has 3 N–H and O–H groups in total. The van der Waals surface area contributed by atoms with Gasteiger partial charge in [0.05, 0.1) is 15.6 Å². The summed E-state index contributed by atoms with van der Waals surface area (Å²) in [6, 6.07) is 3.25. The monoisotopic (exact) mass is 304 g/mol. The number of halogens is 2. The van der Waals surface area contributed by atoms with E-state index in [4.69, 9.17) is 27.4 Å². The van der Waals surface area contributed by atoms with Crippen molar-refractivity contribution in [3.05, 3.63) is 23.2 Å². The number of nitrogens with two attached hydrogens (primary N) is 1. The van der Waals surface area contributed by atoms with Gasteiger partial charge in [-0.3, -0.25) is 4.72 Å². The van der Waals surface area contributed by atoms with Crippen LogP contribution in [0.3, 0.4) is 0 Å². The summed E-state index contributed by atoms with van der Waals surface area (Å²) >= 11 is 5.64. The lowest BCUT2D eigenvalue weighted by molar-refractivity contribution is 0.602. The highest BCUT2D eigenvalue weighted by molar-refractivity contribution is 8.13. The normalized spacial score (nSPS) is 12.4. The van der Waals surface area contributed by atoms with Crippen molar-refractivity contribution in [2.75, 3.05) is 4.72 Å². The van der Waals surface area contributed by atoms with Crippen LogP contribution in [-0.2, 0) is 19.3 Å². The Hall–Kier alpha value is -0.540. The van der Waals surface area contributed by atoms with Crippen molar-refractivity contribution in [1.29, 1.82) is 0 Å². The van der Waals surface area contributed by atoms with Gasteiger partial charge in [-0.05, 0) is 18.2 Å². The summed E-state index contributed by atoms with van der Waals surface area (Å²) in [5, 5.41) is 4.59. The quantitative estimate of drug-likeness (QED) is 0.808. The molecular formula is C6H6Cl2N2O4S2. The second kappa shape index (κ2) is 4.38. The highest BCUT2D eigenvalue weighted by atomic mass is 35.7. The molecule has 0 radical (unpaired) electrons. The van der Waals surface area contributed by atoms with Crippen LogP contribution in [0.5, 0.6) is 0 Å². The van der Waals surface area contributed by atoms with Crippen molar-refractivity contribution in [1.82, 2.24) is 0 Å². The van der Waals surface area contributed by atoms with Crippen molar-refractivity contribution in [3.8, 4) is 0 Å². The highest BCUT2D eigenvalue weighted by Gasteiger charge is 2.13. The van der Waals surface area contributed by atoms with Crippen LogP contribution in [-0.4, -0.2) is 16.8 Å². The fourth-order valence-electron chi connectivity index (χ4n) is 0.884. The fraction of sp³-hybridized carbons (Fsp3) is 0. The van der Waals surface area contributed by atoms with Crippen LogP contribution < -0.4 is 9.86 Å². The van der Waals surface area contributed by atoms with Crippen LogP contribution in [0, 0.1) is 0 Å². The third-order valence-corrected chi connectivity index (χ3v) is 3.64. The molecule has 0 bridgehead atoms. The number of hydrogen-bond donors (Lipinski definition) is 2. The third kappa shape index (κ3) is 3.80. The Labute approximate surface area is 102 Å². The third-order valence-electron chi connectivity index (χ3n) is 1.47. The van der Waals surface area contributed by atoms with Gasteiger partial charge in [0.2, 0.25) is 0 Å². The largest absolute Gasteiger partial charge is 0.296 e. The van der Waals surface area contributed by atoms with Gasteiger partial charge in [0.25, 0.3) is 19.3 Å². The molecule has 10 heteroatoms. The molecule has 1 aromatic rings. The summed E-state index contributed by atoms with van der Waals surface area (Å²) in [7, 11) is -2.81. The lowest BCUT2D eigenvalue weighted by Crippen LogP contribution is -2.21. The predicted octanol–water partition coefficient (Wildman–Crippen LogP) is 0.883. The summed E-state index contributed by atoms with van der Waals surface area (Å²) < 4.78 is 45.2. The van der Waals surface area contributed by atoms with Crippen molar-refractivity contribution in [2.24, 2.45) is 5.14 Å². The van der Waals surface area contributed by atoms with Gasteiger partial charge in [-0.25, -0.2) is 13.6 Å². The molecule has 16 heavy (non-hydrogen) atoms. The predicted molar refractivity (Wildman–Crippen MR) is 61.2 cm³/mol. The molecule has 0 aromatic heterocycles. The molecule has 0 aliphatic carbocycles. The number of anilines is 1. The number of hydrogen-bond acceptors (Lipinski definition) is 4. The van der Waals surface area contributed by atoms with E-state index >= 15 is 0 Å². The second-order valence-electron chi connectivity index (χ2n) is 2.73. The number of nitrogens with one attached hydrogen (secondary N) is 1. The Bertz CT molecular complexity index is 611. The van der Waals surface area contributed by atoms with Gasteiger partial charge in [-0.2, -0.15) is 8.42 Å². The lowest BCUT2D eigenvalue weighted by Gasteiger charge is -2.06. The van der Waals surface area contributed by atoms with E-state index in [1.165, 1.54) is 0 Å². The molecule has 1 aromatic carbocycles. The molecule has 6 nitrogen and oxygen atoms in total. The van der Waals surface area contributed by atoms with E-state index in [-0.39, 0.29) is 15.6 Å². The molecule has 0 aliphatic rings. The molecule has 0 aliphatic heterocycles. The first-order valence-electron chi connectivity index (χ1n) is 3.64. The Morgan fingerprint density at radius 2 is 1.75 bits per heavy atom.